The second-order valence-electron chi connectivity index (χ2n) is 9.60. The fraction of sp³-hybridized carbons (Fsp3) is 1.00. The molecule has 1 aliphatic carbocycles. The molecule has 0 amide bonds. The predicted molar refractivity (Wildman–Crippen MR) is 125 cm³/mol. The van der Waals surface area contributed by atoms with Crippen molar-refractivity contribution in [3.8, 4) is 0 Å². The van der Waals surface area contributed by atoms with Gasteiger partial charge in [-0.3, -0.25) is 9.11 Å². The maximum atomic E-state index is 11.0. The van der Waals surface area contributed by atoms with Gasteiger partial charge in [0.1, 0.15) is 30.0 Å². The normalized spacial score (nSPS) is 46.0. The standard InChI is InChI=1S/C19H39N5O7.H2O4S/c1-19(27)7-28-18(13(26)16(19)24-2)31-15-11(23)5-10(22)14(12(15)25)30-17-9(21)4-3-8(6-20)29-17;1-5(2,3)4/h8-18,24-27H,3-7,20-23H2,1-2H3;(H2,1,2,3,4)/t8-,9+,10-,11+,12-,13+,14+,15-,16+,17+,18+,19-;/m0./s1. The second kappa shape index (κ2) is 13.0. The van der Waals surface area contributed by atoms with Gasteiger partial charge in [0.15, 0.2) is 12.6 Å². The molecule has 1 saturated carbocycles. The molecule has 0 spiro atoms. The molecule has 0 unspecified atom stereocenters. The summed E-state index contributed by atoms with van der Waals surface area (Å²) in [6.45, 7) is 1.83. The number of rotatable bonds is 6. The van der Waals surface area contributed by atoms with Gasteiger partial charge in [-0.1, -0.05) is 0 Å². The molecule has 16 nitrogen and oxygen atoms in total. The number of ether oxygens (including phenoxy) is 4. The molecule has 2 heterocycles. The molecule has 14 N–H and O–H groups in total. The molecule has 36 heavy (non-hydrogen) atoms. The molecule has 3 fully saturated rings. The number of aliphatic hydroxyl groups is 3. The highest BCUT2D eigenvalue weighted by molar-refractivity contribution is 7.79. The van der Waals surface area contributed by atoms with Crippen LogP contribution in [0.15, 0.2) is 0 Å². The molecule has 0 radical (unpaired) electrons. The summed E-state index contributed by atoms with van der Waals surface area (Å²) in [6.07, 6.45) is -4.48. The van der Waals surface area contributed by atoms with Gasteiger partial charge in [-0.05, 0) is 33.2 Å². The third-order valence-corrected chi connectivity index (χ3v) is 6.55. The zero-order chi connectivity index (χ0) is 27.4. The van der Waals surface area contributed by atoms with Gasteiger partial charge in [0, 0.05) is 18.6 Å². The monoisotopic (exact) mass is 547 g/mol. The average molecular weight is 548 g/mol. The number of hydrogen-bond acceptors (Lipinski definition) is 14. The van der Waals surface area contributed by atoms with Gasteiger partial charge in [0.2, 0.25) is 0 Å². The molecule has 0 aromatic carbocycles. The molecule has 3 rings (SSSR count). The smallest absolute Gasteiger partial charge is 0.388 e. The van der Waals surface area contributed by atoms with Crippen molar-refractivity contribution in [3.63, 3.8) is 0 Å². The SMILES string of the molecule is CN[C@@H]1[C@@H](O)[C@@H](O[C@@H]2[C@@H](O)[C@H](O[C@H]3O[C@H](CN)CC[C@H]3N)[C@@H](N)C[C@H]2N)OC[C@]1(C)O.O=S(=O)(O)O. The van der Waals surface area contributed by atoms with Gasteiger partial charge < -0.3 is 62.5 Å². The van der Waals surface area contributed by atoms with Gasteiger partial charge in [-0.15, -0.1) is 0 Å². The fourth-order valence-electron chi connectivity index (χ4n) is 4.69. The summed E-state index contributed by atoms with van der Waals surface area (Å²) >= 11 is 0. The summed E-state index contributed by atoms with van der Waals surface area (Å²) in [5.41, 5.74) is 23.0. The van der Waals surface area contributed by atoms with E-state index in [2.05, 4.69) is 5.32 Å². The number of nitrogens with one attached hydrogen (secondary N) is 1. The summed E-state index contributed by atoms with van der Waals surface area (Å²) < 4.78 is 54.8. The van der Waals surface area contributed by atoms with E-state index >= 15 is 0 Å². The molecule has 0 aromatic heterocycles. The van der Waals surface area contributed by atoms with Crippen molar-refractivity contribution in [2.24, 2.45) is 22.9 Å². The molecule has 17 heteroatoms. The van der Waals surface area contributed by atoms with Crippen molar-refractivity contribution in [2.45, 2.75) is 99.1 Å². The van der Waals surface area contributed by atoms with Crippen LogP contribution in [0.2, 0.25) is 0 Å². The number of nitrogens with two attached hydrogens (primary N) is 4. The fourth-order valence-corrected chi connectivity index (χ4v) is 4.69. The Labute approximate surface area is 210 Å². The van der Waals surface area contributed by atoms with Crippen LogP contribution in [-0.2, 0) is 29.3 Å². The van der Waals surface area contributed by atoms with Crippen molar-refractivity contribution >= 4 is 10.4 Å². The number of hydrogen-bond donors (Lipinski definition) is 10. The zero-order valence-electron chi connectivity index (χ0n) is 20.3. The summed E-state index contributed by atoms with van der Waals surface area (Å²) in [7, 11) is -3.04. The second-order valence-corrected chi connectivity index (χ2v) is 10.5. The van der Waals surface area contributed by atoms with Crippen LogP contribution in [0.5, 0.6) is 0 Å². The Morgan fingerprint density at radius 3 is 2.03 bits per heavy atom. The summed E-state index contributed by atoms with van der Waals surface area (Å²) in [6, 6.07) is -2.26. The highest BCUT2D eigenvalue weighted by Crippen LogP contribution is 2.31. The first-order valence-corrected chi connectivity index (χ1v) is 13.0. The summed E-state index contributed by atoms with van der Waals surface area (Å²) in [5.74, 6) is 0. The molecular weight excluding hydrogens is 506 g/mol. The quantitative estimate of drug-likeness (QED) is 0.140. The van der Waals surface area contributed by atoms with Gasteiger partial charge in [-0.25, -0.2) is 0 Å². The maximum absolute atomic E-state index is 11.0. The van der Waals surface area contributed by atoms with Crippen LogP contribution in [-0.4, -0.2) is 126 Å². The molecule has 0 bridgehead atoms. The van der Waals surface area contributed by atoms with Crippen LogP contribution in [0.3, 0.4) is 0 Å². The zero-order valence-corrected chi connectivity index (χ0v) is 21.1. The molecule has 0 aromatic rings. The largest absolute Gasteiger partial charge is 0.394 e. The van der Waals surface area contributed by atoms with E-state index in [0.717, 1.165) is 6.42 Å². The molecule has 2 saturated heterocycles. The van der Waals surface area contributed by atoms with Gasteiger partial charge in [0.05, 0.1) is 24.8 Å². The Balaban J connectivity index is 0.000000830. The van der Waals surface area contributed by atoms with E-state index in [-0.39, 0.29) is 18.8 Å². The molecule has 2 aliphatic heterocycles. The van der Waals surface area contributed by atoms with Gasteiger partial charge in [-0.2, -0.15) is 8.42 Å². The summed E-state index contributed by atoms with van der Waals surface area (Å²) in [5, 5.41) is 34.9. The minimum atomic E-state index is -4.67. The Kier molecular flexibility index (Phi) is 11.4. The van der Waals surface area contributed by atoms with Crippen LogP contribution < -0.4 is 28.3 Å². The Bertz CT molecular complexity index is 786. The third-order valence-electron chi connectivity index (χ3n) is 6.55. The van der Waals surface area contributed by atoms with E-state index in [9.17, 15) is 15.3 Å². The van der Waals surface area contributed by atoms with E-state index in [0.29, 0.717) is 19.4 Å². The van der Waals surface area contributed by atoms with Crippen LogP contribution in [0.25, 0.3) is 0 Å². The van der Waals surface area contributed by atoms with Crippen molar-refractivity contribution < 1.29 is 51.8 Å². The van der Waals surface area contributed by atoms with Crippen molar-refractivity contribution in [3.05, 3.63) is 0 Å². The first kappa shape index (κ1) is 31.6. The van der Waals surface area contributed by atoms with E-state index in [1.165, 1.54) is 0 Å². The maximum Gasteiger partial charge on any atom is 0.394 e. The Hall–Kier alpha value is -0.610. The Morgan fingerprint density at radius 1 is 1.00 bits per heavy atom. The first-order chi connectivity index (χ1) is 16.6. The summed E-state index contributed by atoms with van der Waals surface area (Å²) in [4.78, 5) is 0. The number of aliphatic hydroxyl groups excluding tert-OH is 2. The predicted octanol–water partition coefficient (Wildman–Crippen LogP) is -4.63. The molecule has 12 atom stereocenters. The number of likely N-dealkylation sites (N-methyl/N-ethyl adjacent to an activating group) is 1. The third kappa shape index (κ3) is 8.45. The molecule has 3 aliphatic rings. The van der Waals surface area contributed by atoms with E-state index in [4.69, 9.17) is 59.4 Å². The van der Waals surface area contributed by atoms with E-state index < -0.39 is 71.1 Å². The van der Waals surface area contributed by atoms with Crippen LogP contribution in [0.1, 0.15) is 26.2 Å². The topological polar surface area (TPSA) is 288 Å². The van der Waals surface area contributed by atoms with Crippen molar-refractivity contribution in [1.82, 2.24) is 5.32 Å². The molecule has 214 valence electrons. The van der Waals surface area contributed by atoms with E-state index in [1.54, 1.807) is 14.0 Å². The lowest BCUT2D eigenvalue weighted by Gasteiger charge is -2.48. The van der Waals surface area contributed by atoms with Crippen LogP contribution in [0, 0.1) is 0 Å². The van der Waals surface area contributed by atoms with Gasteiger partial charge >= 0.3 is 10.4 Å². The lowest BCUT2D eigenvalue weighted by Crippen LogP contribution is -2.68. The minimum Gasteiger partial charge on any atom is -0.388 e. The Morgan fingerprint density at radius 2 is 1.53 bits per heavy atom. The van der Waals surface area contributed by atoms with Crippen molar-refractivity contribution in [2.75, 3.05) is 20.2 Å². The lowest BCUT2D eigenvalue weighted by molar-refractivity contribution is -0.306. The highest BCUT2D eigenvalue weighted by Gasteiger charge is 2.50. The van der Waals surface area contributed by atoms with Crippen molar-refractivity contribution in [1.29, 1.82) is 0 Å². The minimum absolute atomic E-state index is 0.0665. The van der Waals surface area contributed by atoms with E-state index in [1.807, 2.05) is 0 Å². The lowest BCUT2D eigenvalue weighted by atomic mass is 9.84. The average Bonchev–Trinajstić information content (AvgIpc) is 2.75. The first-order valence-electron chi connectivity index (χ1n) is 11.6. The van der Waals surface area contributed by atoms with Gasteiger partial charge in [0.25, 0.3) is 0 Å². The molecular formula is C19H41N5O11S. The van der Waals surface area contributed by atoms with Crippen LogP contribution in [0.4, 0.5) is 0 Å². The highest BCUT2D eigenvalue weighted by atomic mass is 32.3. The van der Waals surface area contributed by atoms with Crippen LogP contribution >= 0.6 is 0 Å².